The second kappa shape index (κ2) is 6.18. The molecule has 0 spiro atoms. The number of benzene rings is 1. The minimum absolute atomic E-state index is 0.231. The van der Waals surface area contributed by atoms with Crippen LogP contribution in [0.3, 0.4) is 0 Å². The van der Waals surface area contributed by atoms with Gasteiger partial charge < -0.3 is 5.32 Å². The number of rotatable bonds is 3. The summed E-state index contributed by atoms with van der Waals surface area (Å²) in [5.74, 6) is 1.38. The topological polar surface area (TPSA) is 37.8 Å². The minimum Gasteiger partial charge on any atom is -0.340 e. The lowest BCUT2D eigenvalue weighted by Gasteiger charge is -2.12. The fraction of sp³-hybridized carbons (Fsp3) is 0.286. The maximum absolute atomic E-state index is 13.4. The Balaban J connectivity index is 2.37. The summed E-state index contributed by atoms with van der Waals surface area (Å²) in [6.07, 6.45) is 0. The van der Waals surface area contributed by atoms with Gasteiger partial charge in [-0.3, -0.25) is 0 Å². The molecule has 0 unspecified atom stereocenters. The lowest BCUT2D eigenvalue weighted by atomic mass is 10.2. The van der Waals surface area contributed by atoms with E-state index >= 15 is 0 Å². The third kappa shape index (κ3) is 3.55. The molecular formula is C14H14Br2FN3. The zero-order valence-corrected chi connectivity index (χ0v) is 14.5. The number of aromatic nitrogens is 2. The maximum atomic E-state index is 13.4. The summed E-state index contributed by atoms with van der Waals surface area (Å²) in [6, 6.07) is 4.98. The summed E-state index contributed by atoms with van der Waals surface area (Å²) in [6.45, 7) is 5.91. The van der Waals surface area contributed by atoms with Gasteiger partial charge in [0, 0.05) is 17.7 Å². The van der Waals surface area contributed by atoms with Crippen molar-refractivity contribution < 1.29 is 4.39 Å². The molecule has 2 rings (SSSR count). The molecule has 0 bridgehead atoms. The Morgan fingerprint density at radius 1 is 1.15 bits per heavy atom. The third-order valence-electron chi connectivity index (χ3n) is 2.76. The average molecular weight is 403 g/mol. The van der Waals surface area contributed by atoms with Gasteiger partial charge in [-0.1, -0.05) is 13.8 Å². The molecule has 6 heteroatoms. The van der Waals surface area contributed by atoms with Crippen molar-refractivity contribution in [3.63, 3.8) is 0 Å². The van der Waals surface area contributed by atoms with E-state index in [1.807, 2.05) is 20.8 Å². The molecule has 0 radical (unpaired) electrons. The van der Waals surface area contributed by atoms with E-state index in [1.165, 1.54) is 6.07 Å². The number of halogens is 3. The maximum Gasteiger partial charge on any atom is 0.137 e. The molecule has 0 amide bonds. The van der Waals surface area contributed by atoms with Crippen LogP contribution in [-0.4, -0.2) is 9.97 Å². The van der Waals surface area contributed by atoms with E-state index < -0.39 is 0 Å². The van der Waals surface area contributed by atoms with Gasteiger partial charge >= 0.3 is 0 Å². The molecule has 0 saturated carbocycles. The SMILES string of the molecule is Cc1cc(F)c(Br)cc1Nc1cc(Br)nc(C(C)C)n1. The Labute approximate surface area is 134 Å². The second-order valence-electron chi connectivity index (χ2n) is 4.80. The standard InChI is InChI=1S/C14H14Br2FN3/c1-7(2)14-19-12(16)6-13(20-14)18-11-5-9(15)10(17)4-8(11)3/h4-7H,1-3H3,(H,18,19,20). The van der Waals surface area contributed by atoms with Crippen LogP contribution in [0.4, 0.5) is 15.9 Å². The van der Waals surface area contributed by atoms with Gasteiger partial charge in [0.25, 0.3) is 0 Å². The molecular weight excluding hydrogens is 389 g/mol. The quantitative estimate of drug-likeness (QED) is 0.706. The summed E-state index contributed by atoms with van der Waals surface area (Å²) in [7, 11) is 0. The molecule has 1 N–H and O–H groups in total. The first kappa shape index (κ1) is 15.4. The first-order valence-electron chi connectivity index (χ1n) is 6.14. The van der Waals surface area contributed by atoms with Gasteiger partial charge in [-0.15, -0.1) is 0 Å². The number of anilines is 2. The molecule has 2 aromatic rings. The van der Waals surface area contributed by atoms with E-state index in [2.05, 4.69) is 47.1 Å². The van der Waals surface area contributed by atoms with Crippen LogP contribution in [0.2, 0.25) is 0 Å². The molecule has 0 fully saturated rings. The van der Waals surface area contributed by atoms with E-state index in [0.29, 0.717) is 10.3 Å². The number of nitrogens with one attached hydrogen (secondary N) is 1. The largest absolute Gasteiger partial charge is 0.340 e. The predicted molar refractivity (Wildman–Crippen MR) is 85.9 cm³/mol. The molecule has 1 heterocycles. The highest BCUT2D eigenvalue weighted by Gasteiger charge is 2.09. The Bertz CT molecular complexity index is 645. The molecule has 0 atom stereocenters. The van der Waals surface area contributed by atoms with Crippen LogP contribution in [0.15, 0.2) is 27.3 Å². The fourth-order valence-electron chi connectivity index (χ4n) is 1.68. The molecule has 3 nitrogen and oxygen atoms in total. The van der Waals surface area contributed by atoms with Crippen LogP contribution in [0.5, 0.6) is 0 Å². The van der Waals surface area contributed by atoms with Crippen LogP contribution in [0.1, 0.15) is 31.2 Å². The highest BCUT2D eigenvalue weighted by molar-refractivity contribution is 9.10. The van der Waals surface area contributed by atoms with Crippen LogP contribution in [0.25, 0.3) is 0 Å². The van der Waals surface area contributed by atoms with Gasteiger partial charge in [0.15, 0.2) is 0 Å². The van der Waals surface area contributed by atoms with Crippen molar-refractivity contribution in [1.29, 1.82) is 0 Å². The Morgan fingerprint density at radius 2 is 1.85 bits per heavy atom. The first-order chi connectivity index (χ1) is 9.36. The Hall–Kier alpha value is -1.01. The summed E-state index contributed by atoms with van der Waals surface area (Å²) in [5.41, 5.74) is 1.62. The number of hydrogen-bond acceptors (Lipinski definition) is 3. The van der Waals surface area contributed by atoms with Gasteiger partial charge in [0.05, 0.1) is 4.47 Å². The van der Waals surface area contributed by atoms with Gasteiger partial charge in [0.2, 0.25) is 0 Å². The van der Waals surface area contributed by atoms with Crippen molar-refractivity contribution in [2.24, 2.45) is 0 Å². The van der Waals surface area contributed by atoms with Crippen LogP contribution < -0.4 is 5.32 Å². The molecule has 20 heavy (non-hydrogen) atoms. The normalized spacial score (nSPS) is 10.9. The van der Waals surface area contributed by atoms with Crippen molar-refractivity contribution in [1.82, 2.24) is 9.97 Å². The highest BCUT2D eigenvalue weighted by atomic mass is 79.9. The minimum atomic E-state index is -0.278. The van der Waals surface area contributed by atoms with Crippen molar-refractivity contribution in [3.8, 4) is 0 Å². The second-order valence-corrected chi connectivity index (χ2v) is 6.46. The lowest BCUT2D eigenvalue weighted by molar-refractivity contribution is 0.620. The number of hydrogen-bond donors (Lipinski definition) is 1. The smallest absolute Gasteiger partial charge is 0.137 e. The van der Waals surface area contributed by atoms with Crippen molar-refractivity contribution in [2.75, 3.05) is 5.32 Å². The van der Waals surface area contributed by atoms with Crippen molar-refractivity contribution >= 4 is 43.4 Å². The van der Waals surface area contributed by atoms with Crippen LogP contribution >= 0.6 is 31.9 Å². The average Bonchev–Trinajstić information content (AvgIpc) is 2.35. The summed E-state index contributed by atoms with van der Waals surface area (Å²) >= 11 is 6.57. The molecule has 0 aliphatic carbocycles. The van der Waals surface area contributed by atoms with E-state index in [-0.39, 0.29) is 11.7 Å². The summed E-state index contributed by atoms with van der Waals surface area (Å²) in [5, 5.41) is 3.20. The van der Waals surface area contributed by atoms with E-state index in [4.69, 9.17) is 0 Å². The van der Waals surface area contributed by atoms with E-state index in [1.54, 1.807) is 12.1 Å². The molecule has 0 aliphatic rings. The number of nitrogens with zero attached hydrogens (tertiary/aromatic N) is 2. The fourth-order valence-corrected chi connectivity index (χ4v) is 2.42. The molecule has 0 saturated heterocycles. The van der Waals surface area contributed by atoms with E-state index in [0.717, 1.165) is 21.7 Å². The summed E-state index contributed by atoms with van der Waals surface area (Å²) < 4.78 is 14.6. The molecule has 1 aromatic carbocycles. The van der Waals surface area contributed by atoms with E-state index in [9.17, 15) is 4.39 Å². The third-order valence-corrected chi connectivity index (χ3v) is 3.77. The monoisotopic (exact) mass is 401 g/mol. The van der Waals surface area contributed by atoms with Crippen LogP contribution in [-0.2, 0) is 0 Å². The summed E-state index contributed by atoms with van der Waals surface area (Å²) in [4.78, 5) is 8.79. The lowest BCUT2D eigenvalue weighted by Crippen LogP contribution is -2.03. The Kier molecular flexibility index (Phi) is 4.75. The van der Waals surface area contributed by atoms with Gasteiger partial charge in [0.1, 0.15) is 22.1 Å². The zero-order chi connectivity index (χ0) is 14.9. The number of aryl methyl sites for hydroxylation is 1. The van der Waals surface area contributed by atoms with Gasteiger partial charge in [-0.2, -0.15) is 0 Å². The van der Waals surface area contributed by atoms with Crippen molar-refractivity contribution in [2.45, 2.75) is 26.7 Å². The van der Waals surface area contributed by atoms with Crippen LogP contribution in [0, 0.1) is 12.7 Å². The first-order valence-corrected chi connectivity index (χ1v) is 7.72. The molecule has 0 aliphatic heterocycles. The van der Waals surface area contributed by atoms with Crippen molar-refractivity contribution in [3.05, 3.63) is 44.5 Å². The highest BCUT2D eigenvalue weighted by Crippen LogP contribution is 2.27. The molecule has 106 valence electrons. The molecule has 1 aromatic heterocycles. The van der Waals surface area contributed by atoms with Gasteiger partial charge in [-0.25, -0.2) is 14.4 Å². The Morgan fingerprint density at radius 3 is 2.50 bits per heavy atom. The van der Waals surface area contributed by atoms with Gasteiger partial charge in [-0.05, 0) is 56.5 Å². The zero-order valence-electron chi connectivity index (χ0n) is 11.3. The predicted octanol–water partition coefficient (Wildman–Crippen LogP) is 5.32.